The van der Waals surface area contributed by atoms with Crippen LogP contribution in [-0.2, 0) is 19.0 Å². The van der Waals surface area contributed by atoms with Crippen molar-refractivity contribution in [3.05, 3.63) is 64.9 Å². The van der Waals surface area contributed by atoms with E-state index in [1.807, 2.05) is 53.8 Å². The van der Waals surface area contributed by atoms with E-state index < -0.39 is 5.54 Å². The highest BCUT2D eigenvalue weighted by atomic mass is 16.5. The normalized spacial score (nSPS) is 21.3. The second-order valence-electron chi connectivity index (χ2n) is 9.79. The SMILES string of the molecule is COc1cccc2c1CC1(CCNCC1)[C@@]2(N)c1nc(C)c(-c2cnn(C)c2C)n2nccc12. The molecule has 0 saturated carbocycles. The number of methoxy groups -OCH3 is 1. The predicted molar refractivity (Wildman–Crippen MR) is 131 cm³/mol. The first-order valence-corrected chi connectivity index (χ1v) is 11.9. The van der Waals surface area contributed by atoms with E-state index in [4.69, 9.17) is 20.6 Å². The van der Waals surface area contributed by atoms with Gasteiger partial charge in [-0.2, -0.15) is 10.2 Å². The van der Waals surface area contributed by atoms with E-state index in [0.29, 0.717) is 0 Å². The fourth-order valence-electron chi connectivity index (χ4n) is 6.35. The smallest absolute Gasteiger partial charge is 0.122 e. The molecule has 1 atom stereocenters. The number of aromatic nitrogens is 5. The summed E-state index contributed by atoms with van der Waals surface area (Å²) in [6.07, 6.45) is 6.57. The highest BCUT2D eigenvalue weighted by Crippen LogP contribution is 2.58. The van der Waals surface area contributed by atoms with Crippen LogP contribution in [0.2, 0.25) is 0 Å². The number of benzene rings is 1. The minimum atomic E-state index is -0.756. The Morgan fingerprint density at radius 1 is 1.12 bits per heavy atom. The van der Waals surface area contributed by atoms with Crippen LogP contribution in [0.15, 0.2) is 36.7 Å². The number of nitrogens with two attached hydrogens (primary N) is 1. The van der Waals surface area contributed by atoms with Gasteiger partial charge in [0.2, 0.25) is 0 Å². The first-order chi connectivity index (χ1) is 16.4. The van der Waals surface area contributed by atoms with Crippen LogP contribution in [0.3, 0.4) is 0 Å². The Labute approximate surface area is 199 Å². The standard InChI is InChI=1S/C26H31N7O/c1-16-23(19-15-30-32(3)17(19)2)33-21(8-11-29-33)24(31-16)26(27)20-6-5-7-22(34-4)18(20)14-25(26)9-12-28-13-10-25/h5-8,11,15,28H,9-10,12-14,27H2,1-4H3/t26-/m0/s1. The molecule has 1 fully saturated rings. The van der Waals surface area contributed by atoms with Crippen molar-refractivity contribution in [3.63, 3.8) is 0 Å². The molecular formula is C26H31N7O. The summed E-state index contributed by atoms with van der Waals surface area (Å²) >= 11 is 0. The summed E-state index contributed by atoms with van der Waals surface area (Å²) in [6, 6.07) is 8.30. The largest absolute Gasteiger partial charge is 0.496 e. The quantitative estimate of drug-likeness (QED) is 0.491. The van der Waals surface area contributed by atoms with E-state index >= 15 is 0 Å². The van der Waals surface area contributed by atoms with Crippen LogP contribution in [0.5, 0.6) is 5.75 Å². The van der Waals surface area contributed by atoms with Crippen LogP contribution in [0.4, 0.5) is 0 Å². The monoisotopic (exact) mass is 457 g/mol. The number of fused-ring (bicyclic) bond motifs is 2. The molecule has 176 valence electrons. The lowest BCUT2D eigenvalue weighted by atomic mass is 9.63. The van der Waals surface area contributed by atoms with Gasteiger partial charge in [0.1, 0.15) is 5.75 Å². The first-order valence-electron chi connectivity index (χ1n) is 11.9. The van der Waals surface area contributed by atoms with Crippen molar-refractivity contribution >= 4 is 5.52 Å². The third-order valence-electron chi connectivity index (χ3n) is 8.27. The van der Waals surface area contributed by atoms with Gasteiger partial charge in [-0.15, -0.1) is 0 Å². The molecule has 1 aliphatic heterocycles. The molecule has 3 N–H and O–H groups in total. The first kappa shape index (κ1) is 21.3. The zero-order valence-electron chi connectivity index (χ0n) is 20.2. The molecular weight excluding hydrogens is 426 g/mol. The molecule has 6 rings (SSSR count). The van der Waals surface area contributed by atoms with Gasteiger partial charge in [0, 0.05) is 29.3 Å². The van der Waals surface area contributed by atoms with Crippen LogP contribution < -0.4 is 15.8 Å². The Morgan fingerprint density at radius 3 is 2.62 bits per heavy atom. The van der Waals surface area contributed by atoms with Gasteiger partial charge in [0.05, 0.1) is 47.6 Å². The summed E-state index contributed by atoms with van der Waals surface area (Å²) in [4.78, 5) is 5.27. The molecule has 1 spiro atoms. The van der Waals surface area contributed by atoms with Crippen molar-refractivity contribution in [1.29, 1.82) is 0 Å². The lowest BCUT2D eigenvalue weighted by Crippen LogP contribution is -2.55. The molecule has 1 aliphatic carbocycles. The Morgan fingerprint density at radius 2 is 1.91 bits per heavy atom. The third kappa shape index (κ3) is 2.63. The molecule has 4 heterocycles. The van der Waals surface area contributed by atoms with Gasteiger partial charge in [-0.25, -0.2) is 4.52 Å². The predicted octanol–water partition coefficient (Wildman–Crippen LogP) is 2.88. The molecule has 8 heteroatoms. The minimum Gasteiger partial charge on any atom is -0.496 e. The molecule has 0 amide bonds. The van der Waals surface area contributed by atoms with Gasteiger partial charge in [0.15, 0.2) is 0 Å². The van der Waals surface area contributed by atoms with Crippen LogP contribution >= 0.6 is 0 Å². The Bertz CT molecular complexity index is 1410. The highest BCUT2D eigenvalue weighted by Gasteiger charge is 2.58. The maximum atomic E-state index is 7.64. The average molecular weight is 458 g/mol. The molecule has 0 bridgehead atoms. The summed E-state index contributed by atoms with van der Waals surface area (Å²) in [7, 11) is 3.69. The van der Waals surface area contributed by atoms with Gasteiger partial charge < -0.3 is 15.8 Å². The van der Waals surface area contributed by atoms with Crippen molar-refractivity contribution in [2.24, 2.45) is 18.2 Å². The summed E-state index contributed by atoms with van der Waals surface area (Å²) in [5, 5.41) is 12.7. The van der Waals surface area contributed by atoms with Crippen LogP contribution in [0, 0.1) is 19.3 Å². The third-order valence-corrected chi connectivity index (χ3v) is 8.27. The van der Waals surface area contributed by atoms with Crippen molar-refractivity contribution < 1.29 is 4.74 Å². The van der Waals surface area contributed by atoms with Gasteiger partial charge >= 0.3 is 0 Å². The molecule has 0 unspecified atom stereocenters. The number of piperidine rings is 1. The number of nitrogens with one attached hydrogen (secondary N) is 1. The molecule has 0 radical (unpaired) electrons. The lowest BCUT2D eigenvalue weighted by molar-refractivity contribution is 0.118. The van der Waals surface area contributed by atoms with Crippen LogP contribution in [0.1, 0.15) is 41.1 Å². The average Bonchev–Trinajstić information content (AvgIpc) is 3.52. The van der Waals surface area contributed by atoms with Crippen molar-refractivity contribution in [2.75, 3.05) is 20.2 Å². The van der Waals surface area contributed by atoms with Crippen LogP contribution in [-0.4, -0.2) is 44.6 Å². The number of ether oxygens (including phenoxy) is 1. The molecule has 3 aromatic heterocycles. The molecule has 8 nitrogen and oxygen atoms in total. The molecule has 34 heavy (non-hydrogen) atoms. The lowest BCUT2D eigenvalue weighted by Gasteiger charge is -2.46. The fourth-order valence-corrected chi connectivity index (χ4v) is 6.35. The van der Waals surface area contributed by atoms with Crippen molar-refractivity contribution in [2.45, 2.75) is 38.6 Å². The van der Waals surface area contributed by atoms with E-state index in [1.54, 1.807) is 7.11 Å². The number of hydrogen-bond donors (Lipinski definition) is 2. The van der Waals surface area contributed by atoms with Gasteiger partial charge in [0.25, 0.3) is 0 Å². The van der Waals surface area contributed by atoms with E-state index in [0.717, 1.165) is 77.5 Å². The fraction of sp³-hybridized carbons (Fsp3) is 0.423. The Balaban J connectivity index is 1.66. The van der Waals surface area contributed by atoms with E-state index in [1.165, 1.54) is 5.56 Å². The summed E-state index contributed by atoms with van der Waals surface area (Å²) in [5.41, 5.74) is 14.9. The van der Waals surface area contributed by atoms with Gasteiger partial charge in [-0.3, -0.25) is 9.67 Å². The van der Waals surface area contributed by atoms with E-state index in [9.17, 15) is 0 Å². The summed E-state index contributed by atoms with van der Waals surface area (Å²) < 4.78 is 9.67. The molecule has 4 aromatic rings. The molecule has 2 aliphatic rings. The number of aryl methyl sites for hydroxylation is 2. The maximum absolute atomic E-state index is 7.64. The van der Waals surface area contributed by atoms with E-state index in [2.05, 4.69) is 23.4 Å². The molecule has 1 saturated heterocycles. The zero-order chi connectivity index (χ0) is 23.7. The molecule has 1 aromatic carbocycles. The Hall–Kier alpha value is -3.23. The second-order valence-corrected chi connectivity index (χ2v) is 9.79. The van der Waals surface area contributed by atoms with Crippen molar-refractivity contribution in [3.8, 4) is 17.0 Å². The Kier molecular flexibility index (Phi) is 4.63. The zero-order valence-corrected chi connectivity index (χ0v) is 20.2. The van der Waals surface area contributed by atoms with Crippen molar-refractivity contribution in [1.82, 2.24) is 29.7 Å². The summed E-state index contributed by atoms with van der Waals surface area (Å²) in [5.74, 6) is 0.909. The minimum absolute atomic E-state index is 0.148. The van der Waals surface area contributed by atoms with Gasteiger partial charge in [-0.05, 0) is 63.9 Å². The van der Waals surface area contributed by atoms with E-state index in [-0.39, 0.29) is 5.41 Å². The van der Waals surface area contributed by atoms with Crippen LogP contribution in [0.25, 0.3) is 16.8 Å². The van der Waals surface area contributed by atoms with Gasteiger partial charge in [-0.1, -0.05) is 12.1 Å². The highest BCUT2D eigenvalue weighted by molar-refractivity contribution is 5.71. The number of rotatable bonds is 3. The maximum Gasteiger partial charge on any atom is 0.122 e. The number of hydrogen-bond acceptors (Lipinski definition) is 6. The second kappa shape index (κ2) is 7.38. The summed E-state index contributed by atoms with van der Waals surface area (Å²) in [6.45, 7) is 6.00. The topological polar surface area (TPSA) is 95.3 Å². The number of nitrogens with zero attached hydrogens (tertiary/aromatic N) is 5.